The Labute approximate surface area is 105 Å². The summed E-state index contributed by atoms with van der Waals surface area (Å²) in [5.41, 5.74) is 0.225. The van der Waals surface area contributed by atoms with Crippen LogP contribution in [0.3, 0.4) is 0 Å². The first-order valence-electron chi connectivity index (χ1n) is 7.05. The summed E-state index contributed by atoms with van der Waals surface area (Å²) in [6, 6.07) is 0. The summed E-state index contributed by atoms with van der Waals surface area (Å²) in [4.78, 5) is 0. The molecule has 17 heavy (non-hydrogen) atoms. The Morgan fingerprint density at radius 3 is 2.47 bits per heavy atom. The van der Waals surface area contributed by atoms with E-state index in [1.807, 2.05) is 0 Å². The first-order chi connectivity index (χ1) is 8.05. The number of rotatable bonds is 5. The molecule has 2 fully saturated rings. The summed E-state index contributed by atoms with van der Waals surface area (Å²) in [6.45, 7) is 6.55. The standard InChI is InChI=1S/C14H27NO2/c1-13(2)8-5-12(17-13)9-15-10-14(11-16)6-3-4-7-14/h12,15-16H,3-11H2,1-2H3. The molecule has 1 heterocycles. The minimum atomic E-state index is 0.0639. The quantitative estimate of drug-likeness (QED) is 0.774. The highest BCUT2D eigenvalue weighted by Gasteiger charge is 2.34. The minimum Gasteiger partial charge on any atom is -0.396 e. The smallest absolute Gasteiger partial charge is 0.0707 e. The summed E-state index contributed by atoms with van der Waals surface area (Å²) in [5, 5.41) is 13.0. The van der Waals surface area contributed by atoms with Gasteiger partial charge in [0, 0.05) is 25.1 Å². The van der Waals surface area contributed by atoms with E-state index in [4.69, 9.17) is 4.74 Å². The molecule has 0 amide bonds. The van der Waals surface area contributed by atoms with Crippen LogP contribution in [-0.4, -0.2) is 36.5 Å². The highest BCUT2D eigenvalue weighted by Crippen LogP contribution is 2.37. The van der Waals surface area contributed by atoms with Crippen LogP contribution in [0.1, 0.15) is 52.4 Å². The van der Waals surface area contributed by atoms with Crippen LogP contribution in [0.5, 0.6) is 0 Å². The van der Waals surface area contributed by atoms with Crippen LogP contribution in [-0.2, 0) is 4.74 Å². The molecular formula is C14H27NO2. The van der Waals surface area contributed by atoms with Gasteiger partial charge in [-0.2, -0.15) is 0 Å². The van der Waals surface area contributed by atoms with Crippen molar-refractivity contribution in [3.63, 3.8) is 0 Å². The Kier molecular flexibility index (Phi) is 4.11. The van der Waals surface area contributed by atoms with Crippen molar-refractivity contribution in [3.05, 3.63) is 0 Å². The molecule has 0 spiro atoms. The van der Waals surface area contributed by atoms with Gasteiger partial charge >= 0.3 is 0 Å². The van der Waals surface area contributed by atoms with E-state index in [1.54, 1.807) is 0 Å². The third-order valence-electron chi connectivity index (χ3n) is 4.43. The predicted molar refractivity (Wildman–Crippen MR) is 69.0 cm³/mol. The normalized spacial score (nSPS) is 30.9. The summed E-state index contributed by atoms with van der Waals surface area (Å²) in [5.74, 6) is 0. The molecule has 0 aromatic carbocycles. The van der Waals surface area contributed by atoms with Crippen molar-refractivity contribution in [1.82, 2.24) is 5.32 Å². The Hall–Kier alpha value is -0.120. The molecule has 2 rings (SSSR count). The van der Waals surface area contributed by atoms with Gasteiger partial charge in [-0.25, -0.2) is 0 Å². The largest absolute Gasteiger partial charge is 0.396 e. The molecule has 1 unspecified atom stereocenters. The van der Waals surface area contributed by atoms with Gasteiger partial charge in [-0.05, 0) is 39.5 Å². The zero-order valence-electron chi connectivity index (χ0n) is 11.3. The molecule has 3 heteroatoms. The van der Waals surface area contributed by atoms with Gasteiger partial charge in [0.1, 0.15) is 0 Å². The lowest BCUT2D eigenvalue weighted by molar-refractivity contribution is -0.0156. The Bertz CT molecular complexity index is 247. The highest BCUT2D eigenvalue weighted by atomic mass is 16.5. The van der Waals surface area contributed by atoms with Gasteiger partial charge in [-0.15, -0.1) is 0 Å². The van der Waals surface area contributed by atoms with Crippen LogP contribution in [0.25, 0.3) is 0 Å². The van der Waals surface area contributed by atoms with Crippen molar-refractivity contribution in [3.8, 4) is 0 Å². The Morgan fingerprint density at radius 2 is 1.94 bits per heavy atom. The van der Waals surface area contributed by atoms with Crippen LogP contribution >= 0.6 is 0 Å². The fourth-order valence-electron chi connectivity index (χ4n) is 3.24. The van der Waals surface area contributed by atoms with E-state index in [2.05, 4.69) is 19.2 Å². The molecule has 2 aliphatic rings. The van der Waals surface area contributed by atoms with E-state index in [1.165, 1.54) is 25.7 Å². The molecule has 1 atom stereocenters. The second-order valence-electron chi connectivity index (χ2n) is 6.53. The maximum Gasteiger partial charge on any atom is 0.0707 e. The number of nitrogens with one attached hydrogen (secondary N) is 1. The van der Waals surface area contributed by atoms with Crippen LogP contribution in [0.2, 0.25) is 0 Å². The first kappa shape index (κ1) is 13.3. The summed E-state index contributed by atoms with van der Waals surface area (Å²) >= 11 is 0. The van der Waals surface area contributed by atoms with E-state index in [0.717, 1.165) is 25.9 Å². The van der Waals surface area contributed by atoms with E-state index in [9.17, 15) is 5.11 Å². The number of aliphatic hydroxyl groups excluding tert-OH is 1. The third kappa shape index (κ3) is 3.43. The monoisotopic (exact) mass is 241 g/mol. The number of hydrogen-bond acceptors (Lipinski definition) is 3. The second kappa shape index (κ2) is 5.25. The molecule has 0 aromatic rings. The predicted octanol–water partition coefficient (Wildman–Crippen LogP) is 2.09. The number of aliphatic hydroxyl groups is 1. The van der Waals surface area contributed by atoms with E-state index < -0.39 is 0 Å². The summed E-state index contributed by atoms with van der Waals surface area (Å²) in [7, 11) is 0. The van der Waals surface area contributed by atoms with Crippen molar-refractivity contribution >= 4 is 0 Å². The highest BCUT2D eigenvalue weighted by molar-refractivity contribution is 4.87. The van der Waals surface area contributed by atoms with Gasteiger partial charge < -0.3 is 15.2 Å². The Balaban J connectivity index is 1.69. The van der Waals surface area contributed by atoms with Gasteiger partial charge in [0.2, 0.25) is 0 Å². The molecule has 1 saturated carbocycles. The molecule has 3 nitrogen and oxygen atoms in total. The molecule has 100 valence electrons. The van der Waals surface area contributed by atoms with E-state index in [0.29, 0.717) is 12.7 Å². The minimum absolute atomic E-state index is 0.0639. The molecule has 1 aliphatic heterocycles. The van der Waals surface area contributed by atoms with E-state index in [-0.39, 0.29) is 11.0 Å². The second-order valence-corrected chi connectivity index (χ2v) is 6.53. The van der Waals surface area contributed by atoms with Crippen LogP contribution in [0, 0.1) is 5.41 Å². The zero-order valence-corrected chi connectivity index (χ0v) is 11.3. The van der Waals surface area contributed by atoms with Gasteiger partial charge in [-0.1, -0.05) is 12.8 Å². The first-order valence-corrected chi connectivity index (χ1v) is 7.05. The van der Waals surface area contributed by atoms with Crippen LogP contribution in [0.4, 0.5) is 0 Å². The third-order valence-corrected chi connectivity index (χ3v) is 4.43. The lowest BCUT2D eigenvalue weighted by Gasteiger charge is -2.27. The van der Waals surface area contributed by atoms with Crippen LogP contribution < -0.4 is 5.32 Å². The molecular weight excluding hydrogens is 214 g/mol. The average Bonchev–Trinajstić information content (AvgIpc) is 2.87. The molecule has 2 N–H and O–H groups in total. The fraction of sp³-hybridized carbons (Fsp3) is 1.00. The fourth-order valence-corrected chi connectivity index (χ4v) is 3.24. The topological polar surface area (TPSA) is 41.5 Å². The van der Waals surface area contributed by atoms with Gasteiger partial charge in [-0.3, -0.25) is 0 Å². The number of hydrogen-bond donors (Lipinski definition) is 2. The lowest BCUT2D eigenvalue weighted by Crippen LogP contribution is -2.39. The van der Waals surface area contributed by atoms with Gasteiger partial charge in [0.15, 0.2) is 0 Å². The van der Waals surface area contributed by atoms with Gasteiger partial charge in [0.05, 0.1) is 11.7 Å². The molecule has 1 aliphatic carbocycles. The van der Waals surface area contributed by atoms with Crippen molar-refractivity contribution in [1.29, 1.82) is 0 Å². The van der Waals surface area contributed by atoms with Crippen LogP contribution in [0.15, 0.2) is 0 Å². The SMILES string of the molecule is CC1(C)CCC(CNCC2(CO)CCCC2)O1. The van der Waals surface area contributed by atoms with Crippen molar-refractivity contribution < 1.29 is 9.84 Å². The molecule has 0 aromatic heterocycles. The van der Waals surface area contributed by atoms with Gasteiger partial charge in [0.25, 0.3) is 0 Å². The molecule has 0 bridgehead atoms. The maximum absolute atomic E-state index is 9.52. The molecule has 0 radical (unpaired) electrons. The van der Waals surface area contributed by atoms with Crippen molar-refractivity contribution in [2.45, 2.75) is 64.1 Å². The molecule has 1 saturated heterocycles. The van der Waals surface area contributed by atoms with E-state index >= 15 is 0 Å². The summed E-state index contributed by atoms with van der Waals surface area (Å²) in [6.07, 6.45) is 7.57. The average molecular weight is 241 g/mol. The zero-order chi connectivity index (χ0) is 12.4. The number of ether oxygens (including phenoxy) is 1. The van der Waals surface area contributed by atoms with Crippen molar-refractivity contribution in [2.75, 3.05) is 19.7 Å². The maximum atomic E-state index is 9.52. The Morgan fingerprint density at radius 1 is 1.24 bits per heavy atom. The summed E-state index contributed by atoms with van der Waals surface area (Å²) < 4.78 is 5.96. The van der Waals surface area contributed by atoms with Crippen molar-refractivity contribution in [2.24, 2.45) is 5.41 Å². The lowest BCUT2D eigenvalue weighted by atomic mass is 9.87.